The largest absolute Gasteiger partial charge is 0.478 e. The van der Waals surface area contributed by atoms with Gasteiger partial charge < -0.3 is 5.11 Å². The number of rotatable bonds is 3. The molecule has 0 bridgehead atoms. The fourth-order valence-electron chi connectivity index (χ4n) is 1.74. The van der Waals surface area contributed by atoms with E-state index in [2.05, 4.69) is 0 Å². The lowest BCUT2D eigenvalue weighted by atomic mass is 10.2. The normalized spacial score (nSPS) is 18.5. The number of carboxylic acid groups (broad SMARTS) is 1. The maximum absolute atomic E-state index is 12.1. The highest BCUT2D eigenvalue weighted by molar-refractivity contribution is 7.82. The van der Waals surface area contributed by atoms with Crippen molar-refractivity contribution < 1.29 is 14.1 Å². The summed E-state index contributed by atoms with van der Waals surface area (Å²) in [7, 11) is -1.22. The van der Waals surface area contributed by atoms with Crippen LogP contribution in [0.25, 0.3) is 0 Å². The standard InChI is InChI=1S/C11H13NO3S/c13-11(14)9-4-3-5-10(8-9)16(15)12-6-1-2-7-12/h3-5,8H,1-2,6-7H2,(H,13,14). The Balaban J connectivity index is 2.22. The minimum atomic E-state index is -1.22. The van der Waals surface area contributed by atoms with Crippen molar-refractivity contribution in [3.05, 3.63) is 29.8 Å². The first-order valence-electron chi connectivity index (χ1n) is 5.18. The molecule has 1 aliphatic rings. The second-order valence-corrected chi connectivity index (χ2v) is 5.20. The second-order valence-electron chi connectivity index (χ2n) is 3.72. The molecule has 1 heterocycles. The summed E-state index contributed by atoms with van der Waals surface area (Å²) in [4.78, 5) is 11.4. The van der Waals surface area contributed by atoms with E-state index < -0.39 is 17.0 Å². The predicted octanol–water partition coefficient (Wildman–Crippen LogP) is 1.50. The summed E-state index contributed by atoms with van der Waals surface area (Å²) in [5, 5.41) is 8.84. The predicted molar refractivity (Wildman–Crippen MR) is 60.6 cm³/mol. The van der Waals surface area contributed by atoms with Gasteiger partial charge in [-0.2, -0.15) is 0 Å². The van der Waals surface area contributed by atoms with Crippen molar-refractivity contribution in [2.24, 2.45) is 0 Å². The Hall–Kier alpha value is -1.20. The summed E-state index contributed by atoms with van der Waals surface area (Å²) >= 11 is 0. The summed E-state index contributed by atoms with van der Waals surface area (Å²) in [6.45, 7) is 1.65. The van der Waals surface area contributed by atoms with Crippen molar-refractivity contribution >= 4 is 17.0 Å². The van der Waals surface area contributed by atoms with Crippen molar-refractivity contribution in [1.82, 2.24) is 4.31 Å². The van der Waals surface area contributed by atoms with Gasteiger partial charge >= 0.3 is 5.97 Å². The van der Waals surface area contributed by atoms with Crippen LogP contribution in [0.4, 0.5) is 0 Å². The van der Waals surface area contributed by atoms with E-state index in [9.17, 15) is 9.00 Å². The first-order valence-corrected chi connectivity index (χ1v) is 6.29. The summed E-state index contributed by atoms with van der Waals surface area (Å²) in [5.41, 5.74) is 0.185. The van der Waals surface area contributed by atoms with Gasteiger partial charge in [-0.1, -0.05) is 6.07 Å². The molecule has 0 amide bonds. The number of carboxylic acids is 1. The molecule has 0 aromatic heterocycles. The topological polar surface area (TPSA) is 57.6 Å². The Bertz CT molecular complexity index is 427. The zero-order valence-electron chi connectivity index (χ0n) is 8.76. The molecule has 1 saturated heterocycles. The molecular weight excluding hydrogens is 226 g/mol. The quantitative estimate of drug-likeness (QED) is 0.869. The van der Waals surface area contributed by atoms with Crippen LogP contribution in [-0.2, 0) is 11.0 Å². The van der Waals surface area contributed by atoms with Crippen LogP contribution < -0.4 is 0 Å². The molecular formula is C11H13NO3S. The van der Waals surface area contributed by atoms with Gasteiger partial charge in [0.25, 0.3) is 0 Å². The van der Waals surface area contributed by atoms with Gasteiger partial charge in [0.15, 0.2) is 0 Å². The van der Waals surface area contributed by atoms with E-state index >= 15 is 0 Å². The number of benzene rings is 1. The van der Waals surface area contributed by atoms with Crippen LogP contribution in [0.2, 0.25) is 0 Å². The molecule has 1 N–H and O–H groups in total. The Morgan fingerprint density at radius 2 is 2.00 bits per heavy atom. The lowest BCUT2D eigenvalue weighted by Crippen LogP contribution is -2.22. The zero-order valence-corrected chi connectivity index (χ0v) is 9.57. The Morgan fingerprint density at radius 1 is 1.31 bits per heavy atom. The second kappa shape index (κ2) is 4.76. The van der Waals surface area contributed by atoms with Gasteiger partial charge in [0.05, 0.1) is 10.5 Å². The minimum absolute atomic E-state index is 0.185. The van der Waals surface area contributed by atoms with Crippen molar-refractivity contribution in [3.8, 4) is 0 Å². The van der Waals surface area contributed by atoms with E-state index in [0.29, 0.717) is 4.90 Å². The van der Waals surface area contributed by atoms with Crippen LogP contribution in [0.5, 0.6) is 0 Å². The highest BCUT2D eigenvalue weighted by atomic mass is 32.2. The number of hydrogen-bond acceptors (Lipinski definition) is 2. The first-order chi connectivity index (χ1) is 7.68. The maximum Gasteiger partial charge on any atom is 0.335 e. The monoisotopic (exact) mass is 239 g/mol. The average molecular weight is 239 g/mol. The van der Waals surface area contributed by atoms with E-state index in [1.165, 1.54) is 12.1 Å². The maximum atomic E-state index is 12.1. The van der Waals surface area contributed by atoms with Crippen molar-refractivity contribution in [2.45, 2.75) is 17.7 Å². The van der Waals surface area contributed by atoms with E-state index in [4.69, 9.17) is 5.11 Å². The highest BCUT2D eigenvalue weighted by Gasteiger charge is 2.19. The van der Waals surface area contributed by atoms with Gasteiger partial charge in [-0.25, -0.2) is 13.3 Å². The molecule has 0 saturated carbocycles. The van der Waals surface area contributed by atoms with E-state index in [-0.39, 0.29) is 5.56 Å². The van der Waals surface area contributed by atoms with Crippen LogP contribution in [-0.4, -0.2) is 32.7 Å². The van der Waals surface area contributed by atoms with E-state index in [0.717, 1.165) is 25.9 Å². The Labute approximate surface area is 96.5 Å². The van der Waals surface area contributed by atoms with Gasteiger partial charge in [0.1, 0.15) is 11.0 Å². The van der Waals surface area contributed by atoms with Gasteiger partial charge in [-0.05, 0) is 31.0 Å². The average Bonchev–Trinajstić information content (AvgIpc) is 2.81. The third-order valence-electron chi connectivity index (χ3n) is 2.58. The zero-order chi connectivity index (χ0) is 11.5. The van der Waals surface area contributed by atoms with Gasteiger partial charge in [-0.3, -0.25) is 0 Å². The molecule has 2 rings (SSSR count). The molecule has 1 atom stereocenters. The number of aromatic carboxylic acids is 1. The summed E-state index contributed by atoms with van der Waals surface area (Å²) in [5.74, 6) is -0.986. The molecule has 1 fully saturated rings. The number of hydrogen-bond donors (Lipinski definition) is 1. The van der Waals surface area contributed by atoms with Crippen LogP contribution in [0.1, 0.15) is 23.2 Å². The molecule has 0 radical (unpaired) electrons. The smallest absolute Gasteiger partial charge is 0.335 e. The molecule has 0 spiro atoms. The highest BCUT2D eigenvalue weighted by Crippen LogP contribution is 2.17. The summed E-state index contributed by atoms with van der Waals surface area (Å²) < 4.78 is 13.9. The third-order valence-corrected chi connectivity index (χ3v) is 4.07. The fraction of sp³-hybridized carbons (Fsp3) is 0.364. The fourth-order valence-corrected chi connectivity index (χ4v) is 3.05. The third kappa shape index (κ3) is 2.31. The number of nitrogens with zero attached hydrogens (tertiary/aromatic N) is 1. The first kappa shape index (κ1) is 11.3. The molecule has 1 aromatic rings. The van der Waals surface area contributed by atoms with Crippen LogP contribution in [0.3, 0.4) is 0 Å². The molecule has 1 aromatic carbocycles. The van der Waals surface area contributed by atoms with Crippen molar-refractivity contribution in [1.29, 1.82) is 0 Å². The van der Waals surface area contributed by atoms with Gasteiger partial charge in [0, 0.05) is 13.1 Å². The van der Waals surface area contributed by atoms with E-state index in [1.807, 2.05) is 4.31 Å². The summed E-state index contributed by atoms with van der Waals surface area (Å²) in [6, 6.07) is 6.33. The van der Waals surface area contributed by atoms with Crippen molar-refractivity contribution in [2.75, 3.05) is 13.1 Å². The molecule has 1 aliphatic heterocycles. The molecule has 0 aliphatic carbocycles. The number of carbonyl (C=O) groups is 1. The SMILES string of the molecule is O=C(O)c1cccc(S(=O)N2CCCC2)c1. The van der Waals surface area contributed by atoms with Gasteiger partial charge in [0.2, 0.25) is 0 Å². The Morgan fingerprint density at radius 3 is 2.62 bits per heavy atom. The lowest BCUT2D eigenvalue weighted by molar-refractivity contribution is 0.0696. The molecule has 5 heteroatoms. The van der Waals surface area contributed by atoms with Crippen LogP contribution >= 0.6 is 0 Å². The van der Waals surface area contributed by atoms with E-state index in [1.54, 1.807) is 12.1 Å². The van der Waals surface area contributed by atoms with Crippen molar-refractivity contribution in [3.63, 3.8) is 0 Å². The molecule has 4 nitrogen and oxygen atoms in total. The minimum Gasteiger partial charge on any atom is -0.478 e. The van der Waals surface area contributed by atoms with Crippen LogP contribution in [0.15, 0.2) is 29.2 Å². The molecule has 86 valence electrons. The Kier molecular flexibility index (Phi) is 3.36. The molecule has 1 unspecified atom stereocenters. The summed E-state index contributed by atoms with van der Waals surface area (Å²) in [6.07, 6.45) is 2.12. The van der Waals surface area contributed by atoms with Gasteiger partial charge in [-0.15, -0.1) is 0 Å². The lowest BCUT2D eigenvalue weighted by Gasteiger charge is -2.13. The molecule has 16 heavy (non-hydrogen) atoms. The van der Waals surface area contributed by atoms with Crippen LogP contribution in [0, 0.1) is 0 Å².